The number of alkyl halides is 1. The van der Waals surface area contributed by atoms with Crippen molar-refractivity contribution < 1.29 is 4.79 Å². The highest BCUT2D eigenvalue weighted by molar-refractivity contribution is 9.09. The molecule has 2 heteroatoms. The van der Waals surface area contributed by atoms with Crippen LogP contribution in [0, 0.1) is 5.92 Å². The number of carbonyl (C=O) groups excluding carboxylic acids is 1. The second kappa shape index (κ2) is 14.6. The fraction of sp³-hybridized carbons (Fsp3) is 0.941. The van der Waals surface area contributed by atoms with Crippen LogP contribution in [0.2, 0.25) is 0 Å². The van der Waals surface area contributed by atoms with Crippen LogP contribution in [-0.2, 0) is 4.79 Å². The highest BCUT2D eigenvalue weighted by Gasteiger charge is 2.11. The molecule has 1 nitrogen and oxygen atoms in total. The van der Waals surface area contributed by atoms with Gasteiger partial charge in [0, 0.05) is 11.2 Å². The van der Waals surface area contributed by atoms with Crippen LogP contribution in [0.5, 0.6) is 0 Å². The van der Waals surface area contributed by atoms with Gasteiger partial charge in [-0.25, -0.2) is 0 Å². The summed E-state index contributed by atoms with van der Waals surface area (Å²) in [7, 11) is 0. The summed E-state index contributed by atoms with van der Waals surface area (Å²) in [6.45, 7) is 3.98. The maximum atomic E-state index is 11.3. The first kappa shape index (κ1) is 19.1. The molecular formula is C17H33BrO. The molecule has 0 aromatic rings. The third-order valence-corrected chi connectivity index (χ3v) is 4.70. The van der Waals surface area contributed by atoms with Crippen molar-refractivity contribution in [3.8, 4) is 0 Å². The zero-order valence-corrected chi connectivity index (χ0v) is 14.6. The van der Waals surface area contributed by atoms with Gasteiger partial charge in [-0.05, 0) is 13.3 Å². The summed E-state index contributed by atoms with van der Waals surface area (Å²) in [6.07, 6.45) is 16.2. The molecule has 0 amide bonds. The maximum Gasteiger partial charge on any atom is 0.133 e. The molecule has 0 heterocycles. The number of unbranched alkanes of at least 4 members (excludes halogenated alkanes) is 10. The molecule has 0 aromatic carbocycles. The lowest BCUT2D eigenvalue weighted by molar-refractivity contribution is -0.120. The summed E-state index contributed by atoms with van der Waals surface area (Å²) in [6, 6.07) is 0. The average Bonchev–Trinajstić information content (AvgIpc) is 2.40. The van der Waals surface area contributed by atoms with Crippen molar-refractivity contribution in [2.24, 2.45) is 5.92 Å². The topological polar surface area (TPSA) is 17.1 Å². The number of halogens is 1. The average molecular weight is 333 g/mol. The maximum absolute atomic E-state index is 11.3. The monoisotopic (exact) mass is 332 g/mol. The Balaban J connectivity index is 3.16. The van der Waals surface area contributed by atoms with Crippen molar-refractivity contribution in [2.45, 2.75) is 90.9 Å². The van der Waals surface area contributed by atoms with Gasteiger partial charge in [0.2, 0.25) is 0 Å². The van der Waals surface area contributed by atoms with Gasteiger partial charge in [0.1, 0.15) is 5.78 Å². The molecule has 0 rings (SSSR count). The van der Waals surface area contributed by atoms with Crippen LogP contribution in [0.15, 0.2) is 0 Å². The molecule has 0 fully saturated rings. The van der Waals surface area contributed by atoms with Crippen molar-refractivity contribution in [3.63, 3.8) is 0 Å². The summed E-state index contributed by atoms with van der Waals surface area (Å²) in [4.78, 5) is 11.3. The molecule has 1 atom stereocenters. The van der Waals surface area contributed by atoms with E-state index in [2.05, 4.69) is 22.9 Å². The summed E-state index contributed by atoms with van der Waals surface area (Å²) in [5.41, 5.74) is 0. The molecule has 0 spiro atoms. The van der Waals surface area contributed by atoms with Gasteiger partial charge in [-0.2, -0.15) is 0 Å². The van der Waals surface area contributed by atoms with Gasteiger partial charge in [-0.1, -0.05) is 93.5 Å². The van der Waals surface area contributed by atoms with Gasteiger partial charge in [-0.15, -0.1) is 0 Å². The second-order valence-corrected chi connectivity index (χ2v) is 6.43. The molecule has 19 heavy (non-hydrogen) atoms. The fourth-order valence-corrected chi connectivity index (χ4v) is 3.22. The number of rotatable bonds is 14. The van der Waals surface area contributed by atoms with E-state index in [1.807, 2.05) is 0 Å². The van der Waals surface area contributed by atoms with E-state index in [-0.39, 0.29) is 5.92 Å². The Morgan fingerprint density at radius 3 is 1.63 bits per heavy atom. The summed E-state index contributed by atoms with van der Waals surface area (Å²) >= 11 is 3.42. The number of Topliss-reactive ketones (excluding diaryl/α,β-unsaturated/α-hetero) is 1. The minimum absolute atomic E-state index is 0.249. The largest absolute Gasteiger partial charge is 0.300 e. The van der Waals surface area contributed by atoms with Crippen LogP contribution in [0.4, 0.5) is 0 Å². The summed E-state index contributed by atoms with van der Waals surface area (Å²) in [5, 5.41) is 0.833. The van der Waals surface area contributed by atoms with E-state index in [0.29, 0.717) is 5.78 Å². The lowest BCUT2D eigenvalue weighted by Gasteiger charge is -2.09. The van der Waals surface area contributed by atoms with E-state index in [9.17, 15) is 4.79 Å². The number of carbonyl (C=O) groups is 1. The van der Waals surface area contributed by atoms with Crippen LogP contribution in [-0.4, -0.2) is 11.1 Å². The molecule has 0 aliphatic heterocycles. The molecule has 0 aromatic heterocycles. The van der Waals surface area contributed by atoms with Gasteiger partial charge in [0.15, 0.2) is 0 Å². The third-order valence-electron chi connectivity index (χ3n) is 3.92. The van der Waals surface area contributed by atoms with Crippen LogP contribution in [0.3, 0.4) is 0 Å². The molecule has 114 valence electrons. The van der Waals surface area contributed by atoms with E-state index in [4.69, 9.17) is 0 Å². The molecule has 0 aliphatic carbocycles. The molecule has 0 saturated carbocycles. The predicted octanol–water partition coefficient (Wildman–Crippen LogP) is 6.29. The number of hydrogen-bond acceptors (Lipinski definition) is 1. The zero-order chi connectivity index (χ0) is 14.3. The van der Waals surface area contributed by atoms with E-state index >= 15 is 0 Å². The van der Waals surface area contributed by atoms with Crippen molar-refractivity contribution in [3.05, 3.63) is 0 Å². The Morgan fingerprint density at radius 2 is 1.26 bits per heavy atom. The molecule has 1 unspecified atom stereocenters. The number of hydrogen-bond donors (Lipinski definition) is 0. The van der Waals surface area contributed by atoms with E-state index in [1.54, 1.807) is 6.92 Å². The highest BCUT2D eigenvalue weighted by atomic mass is 79.9. The third kappa shape index (κ3) is 12.9. The standard InChI is InChI=1S/C17H33BrO/c1-3-4-5-6-7-8-9-10-11-12-13-14-17(15-18)16(2)19/h17H,3-15H2,1-2H3. The number of ketones is 1. The first-order valence-corrected chi connectivity index (χ1v) is 9.41. The van der Waals surface area contributed by atoms with Crippen molar-refractivity contribution in [2.75, 3.05) is 5.33 Å². The van der Waals surface area contributed by atoms with Gasteiger partial charge >= 0.3 is 0 Å². The fourth-order valence-electron chi connectivity index (χ4n) is 2.44. The Hall–Kier alpha value is 0.150. The molecule has 0 saturated heterocycles. The van der Waals surface area contributed by atoms with E-state index < -0.39 is 0 Å². The van der Waals surface area contributed by atoms with Crippen LogP contribution in [0.1, 0.15) is 90.9 Å². The van der Waals surface area contributed by atoms with Gasteiger partial charge < -0.3 is 0 Å². The Labute approximate surface area is 129 Å². The minimum Gasteiger partial charge on any atom is -0.300 e. The Kier molecular flexibility index (Phi) is 14.7. The lowest BCUT2D eigenvalue weighted by atomic mass is 9.98. The van der Waals surface area contributed by atoms with Crippen LogP contribution < -0.4 is 0 Å². The Bertz CT molecular complexity index is 203. The Morgan fingerprint density at radius 1 is 0.842 bits per heavy atom. The van der Waals surface area contributed by atoms with Crippen LogP contribution >= 0.6 is 15.9 Å². The first-order valence-electron chi connectivity index (χ1n) is 8.28. The van der Waals surface area contributed by atoms with Gasteiger partial charge in [-0.3, -0.25) is 4.79 Å². The zero-order valence-electron chi connectivity index (χ0n) is 13.1. The molecule has 0 bridgehead atoms. The van der Waals surface area contributed by atoms with Crippen LogP contribution in [0.25, 0.3) is 0 Å². The normalized spacial score (nSPS) is 12.6. The smallest absolute Gasteiger partial charge is 0.133 e. The molecule has 0 aliphatic rings. The SMILES string of the molecule is CCCCCCCCCCCCCC(CBr)C(C)=O. The lowest BCUT2D eigenvalue weighted by Crippen LogP contribution is -2.11. The van der Waals surface area contributed by atoms with Gasteiger partial charge in [0.25, 0.3) is 0 Å². The van der Waals surface area contributed by atoms with Gasteiger partial charge in [0.05, 0.1) is 0 Å². The predicted molar refractivity (Wildman–Crippen MR) is 89.0 cm³/mol. The van der Waals surface area contributed by atoms with E-state index in [0.717, 1.165) is 11.8 Å². The molecular weight excluding hydrogens is 300 g/mol. The first-order chi connectivity index (χ1) is 9.22. The van der Waals surface area contributed by atoms with Crippen molar-refractivity contribution in [1.82, 2.24) is 0 Å². The van der Waals surface area contributed by atoms with Crippen molar-refractivity contribution >= 4 is 21.7 Å². The minimum atomic E-state index is 0.249. The summed E-state index contributed by atoms with van der Waals surface area (Å²) < 4.78 is 0. The molecule has 0 N–H and O–H groups in total. The van der Waals surface area contributed by atoms with Crippen molar-refractivity contribution in [1.29, 1.82) is 0 Å². The molecule has 0 radical (unpaired) electrons. The quantitative estimate of drug-likeness (QED) is 0.270. The second-order valence-electron chi connectivity index (χ2n) is 5.79. The highest BCUT2D eigenvalue weighted by Crippen LogP contribution is 2.16. The van der Waals surface area contributed by atoms with E-state index in [1.165, 1.54) is 70.6 Å². The summed E-state index contributed by atoms with van der Waals surface area (Å²) in [5.74, 6) is 0.586.